The van der Waals surface area contributed by atoms with Gasteiger partial charge in [0, 0.05) is 5.69 Å². The minimum atomic E-state index is -2.80. The van der Waals surface area contributed by atoms with E-state index in [1.165, 1.54) is 13.3 Å². The van der Waals surface area contributed by atoms with Gasteiger partial charge in [-0.25, -0.2) is 9.36 Å². The van der Waals surface area contributed by atoms with E-state index in [-0.39, 0.29) is 11.4 Å². The second-order valence-corrected chi connectivity index (χ2v) is 9.22. The number of pyridine rings is 1. The average molecular weight is 399 g/mol. The molecule has 0 aromatic carbocycles. The van der Waals surface area contributed by atoms with E-state index in [2.05, 4.69) is 32.1 Å². The molecule has 1 heterocycles. The van der Waals surface area contributed by atoms with Gasteiger partial charge in [0.1, 0.15) is 0 Å². The van der Waals surface area contributed by atoms with Crippen molar-refractivity contribution in [2.45, 2.75) is 73.1 Å². The van der Waals surface area contributed by atoms with Crippen LogP contribution in [0.2, 0.25) is 0 Å². The van der Waals surface area contributed by atoms with Crippen molar-refractivity contribution in [3.63, 3.8) is 0 Å². The quantitative estimate of drug-likeness (QED) is 0.804. The van der Waals surface area contributed by atoms with E-state index in [9.17, 15) is 18.0 Å². The molecule has 27 heavy (non-hydrogen) atoms. The largest absolute Gasteiger partial charge is 0.464 e. The Balaban J connectivity index is 0.000000646. The highest BCUT2D eigenvalue weighted by Gasteiger charge is 2.21. The molecule has 152 valence electrons. The van der Waals surface area contributed by atoms with Crippen molar-refractivity contribution >= 4 is 22.3 Å². The first-order chi connectivity index (χ1) is 12.4. The van der Waals surface area contributed by atoms with Crippen LogP contribution in [0.5, 0.6) is 0 Å². The molecule has 0 amide bonds. The van der Waals surface area contributed by atoms with E-state index in [1.807, 2.05) is 0 Å². The molecule has 0 aliphatic heterocycles. The normalized spacial score (nSPS) is 14.9. The highest BCUT2D eigenvalue weighted by atomic mass is 32.2. The van der Waals surface area contributed by atoms with Gasteiger partial charge in [-0.2, -0.15) is 8.42 Å². The van der Waals surface area contributed by atoms with Crippen molar-refractivity contribution in [3.05, 3.63) is 27.7 Å². The summed E-state index contributed by atoms with van der Waals surface area (Å²) >= 11 is 0. The third kappa shape index (κ3) is 8.07. The monoisotopic (exact) mass is 398 g/mol. The van der Waals surface area contributed by atoms with E-state index in [0.29, 0.717) is 27.9 Å². The number of hydrogen-bond acceptors (Lipinski definition) is 5. The number of aromatic nitrogens is 1. The van der Waals surface area contributed by atoms with Crippen LogP contribution in [0.1, 0.15) is 71.1 Å². The van der Waals surface area contributed by atoms with Crippen LogP contribution in [-0.4, -0.2) is 24.2 Å². The first kappa shape index (κ1) is 23.1. The van der Waals surface area contributed by atoms with Crippen molar-refractivity contribution < 1.29 is 18.3 Å². The smallest absolute Gasteiger partial charge is 0.418 e. The summed E-state index contributed by atoms with van der Waals surface area (Å²) < 4.78 is 25.6. The topological polar surface area (TPSA) is 106 Å². The maximum Gasteiger partial charge on any atom is 0.418 e. The molecule has 1 aliphatic rings. The van der Waals surface area contributed by atoms with Crippen LogP contribution in [0.25, 0.3) is 0 Å². The molecule has 0 unspecified atom stereocenters. The minimum Gasteiger partial charge on any atom is -0.464 e. The molecule has 8 heteroatoms. The molecule has 1 aromatic heterocycles. The Morgan fingerprint density at radius 2 is 1.74 bits per heavy atom. The van der Waals surface area contributed by atoms with Gasteiger partial charge in [-0.1, -0.05) is 59.8 Å². The molecule has 0 bridgehead atoms. The van der Waals surface area contributed by atoms with Gasteiger partial charge >= 0.3 is 16.6 Å². The lowest BCUT2D eigenvalue weighted by molar-refractivity contribution is 0.194. The molecule has 2 rings (SSSR count). The van der Waals surface area contributed by atoms with Crippen molar-refractivity contribution in [2.75, 3.05) is 0 Å². The molecule has 1 N–H and O–H groups in total. The Bertz CT molecular complexity index is 843. The first-order valence-electron chi connectivity index (χ1n) is 9.20. The lowest BCUT2D eigenvalue weighted by atomic mass is 9.84. The fraction of sp³-hybridized carbons (Fsp3) is 0.684. The number of nitrogens with zero attached hydrogens (tertiary/aromatic N) is 2. The van der Waals surface area contributed by atoms with Gasteiger partial charge < -0.3 is 5.11 Å². The van der Waals surface area contributed by atoms with Crippen molar-refractivity contribution in [3.8, 4) is 0 Å². The van der Waals surface area contributed by atoms with Crippen LogP contribution in [0.3, 0.4) is 0 Å². The van der Waals surface area contributed by atoms with Crippen molar-refractivity contribution in [2.24, 2.45) is 15.7 Å². The van der Waals surface area contributed by atoms with Crippen molar-refractivity contribution in [1.82, 2.24) is 4.57 Å². The predicted octanol–water partition coefficient (Wildman–Crippen LogP) is 4.55. The molecular formula is C19H30N2O5S. The summed E-state index contributed by atoms with van der Waals surface area (Å²) in [6.45, 7) is 10.3. The number of carboxylic acid groups (broad SMARTS) is 1. The third-order valence-corrected chi connectivity index (χ3v) is 4.37. The molecule has 7 nitrogen and oxygen atoms in total. The Morgan fingerprint density at radius 1 is 1.22 bits per heavy atom. The van der Waals surface area contributed by atoms with Crippen LogP contribution in [-0.2, 0) is 16.9 Å². The zero-order valence-electron chi connectivity index (χ0n) is 16.8. The molecule has 0 saturated heterocycles. The second kappa shape index (κ2) is 9.82. The number of rotatable bonds is 3. The predicted molar refractivity (Wildman–Crippen MR) is 105 cm³/mol. The summed E-state index contributed by atoms with van der Waals surface area (Å²) in [4.78, 5) is 23.4. The molecule has 0 spiro atoms. The Kier molecular flexibility index (Phi) is 8.40. The molecule has 0 radical (unpaired) electrons. The van der Waals surface area contributed by atoms with Gasteiger partial charge in [0.15, 0.2) is 5.69 Å². The lowest BCUT2D eigenvalue weighted by Crippen LogP contribution is -2.28. The van der Waals surface area contributed by atoms with Crippen LogP contribution in [0.15, 0.2) is 15.2 Å². The van der Waals surface area contributed by atoms with E-state index in [0.717, 1.165) is 25.7 Å². The number of hydrogen-bond donors (Lipinski definition) is 1. The van der Waals surface area contributed by atoms with E-state index < -0.39 is 22.2 Å². The summed E-state index contributed by atoms with van der Waals surface area (Å²) in [5.74, 6) is 0.377. The molecule has 1 saturated carbocycles. The summed E-state index contributed by atoms with van der Waals surface area (Å²) in [5, 5.41) is 9.08. The summed E-state index contributed by atoms with van der Waals surface area (Å²) in [6.07, 6.45) is 4.60. The van der Waals surface area contributed by atoms with Gasteiger partial charge in [-0.3, -0.25) is 4.79 Å². The Labute approximate surface area is 162 Å². The van der Waals surface area contributed by atoms with E-state index in [4.69, 9.17) is 5.11 Å². The summed E-state index contributed by atoms with van der Waals surface area (Å²) in [6, 6.07) is 1.55. The number of carbonyl (C=O) groups is 1. The van der Waals surface area contributed by atoms with Crippen LogP contribution in [0, 0.1) is 18.3 Å². The van der Waals surface area contributed by atoms with Crippen LogP contribution < -0.4 is 5.56 Å². The molecular weight excluding hydrogens is 368 g/mol. The van der Waals surface area contributed by atoms with Crippen LogP contribution >= 0.6 is 0 Å². The second-order valence-electron chi connectivity index (χ2n) is 8.60. The van der Waals surface area contributed by atoms with Gasteiger partial charge in [0.05, 0.1) is 0 Å². The molecule has 1 aromatic rings. The maximum absolute atomic E-state index is 12.2. The fourth-order valence-electron chi connectivity index (χ4n) is 3.06. The molecule has 1 aliphatic carbocycles. The Hall–Kier alpha value is -1.96. The van der Waals surface area contributed by atoms with Crippen molar-refractivity contribution in [1.29, 1.82) is 0 Å². The number of aryl methyl sites for hydroxylation is 1. The van der Waals surface area contributed by atoms with Gasteiger partial charge in [0.2, 0.25) is 0 Å². The lowest BCUT2D eigenvalue weighted by Gasteiger charge is -2.22. The van der Waals surface area contributed by atoms with Gasteiger partial charge in [0.25, 0.3) is 5.56 Å². The minimum absolute atomic E-state index is 0.263. The zero-order valence-corrected chi connectivity index (χ0v) is 17.6. The Morgan fingerprint density at radius 3 is 2.19 bits per heavy atom. The molecule has 1 fully saturated rings. The van der Waals surface area contributed by atoms with E-state index >= 15 is 0 Å². The average Bonchev–Trinajstić information content (AvgIpc) is 2.50. The SMILES string of the molecule is CC(C)(C)C.Cc1cc(CC2CCCCC2)c(N=S(=O)=O)c(=O)n1C(=O)O. The molecule has 0 atom stereocenters. The third-order valence-electron chi connectivity index (χ3n) is 4.04. The maximum atomic E-state index is 12.2. The zero-order chi connectivity index (χ0) is 20.8. The van der Waals surface area contributed by atoms with Gasteiger partial charge in [-0.05, 0) is 36.3 Å². The highest BCUT2D eigenvalue weighted by molar-refractivity contribution is 7.61. The van der Waals surface area contributed by atoms with E-state index in [1.54, 1.807) is 6.07 Å². The summed E-state index contributed by atoms with van der Waals surface area (Å²) in [5.41, 5.74) is 0.0875. The summed E-state index contributed by atoms with van der Waals surface area (Å²) in [7, 11) is -2.80. The standard InChI is InChI=1S/C14H18N2O5S.C5H12/c1-9-7-11(8-10-5-3-2-4-6-10)12(15-22(20)21)13(17)16(9)14(18)19;1-5(2,3)4/h7,10H,2-6,8H2,1H3,(H,18,19);1-4H3. The van der Waals surface area contributed by atoms with Crippen LogP contribution in [0.4, 0.5) is 10.5 Å². The van der Waals surface area contributed by atoms with Gasteiger partial charge in [-0.15, -0.1) is 4.36 Å². The first-order valence-corrected chi connectivity index (χ1v) is 10.2. The fourth-order valence-corrected chi connectivity index (χ4v) is 3.40. The highest BCUT2D eigenvalue weighted by Crippen LogP contribution is 2.29.